The Labute approximate surface area is 144 Å². The number of hydrogen-bond acceptors (Lipinski definition) is 3. The molecule has 2 aromatic rings. The summed E-state index contributed by atoms with van der Waals surface area (Å²) in [6.45, 7) is 3.09. The number of carbonyl (C=O) groups is 1. The molecule has 3 N–H and O–H groups in total. The maximum atomic E-state index is 12.3. The van der Waals surface area contributed by atoms with Gasteiger partial charge in [0.15, 0.2) is 0 Å². The molecule has 0 saturated carbocycles. The Morgan fingerprint density at radius 1 is 1.08 bits per heavy atom. The van der Waals surface area contributed by atoms with E-state index in [2.05, 4.69) is 41.5 Å². The summed E-state index contributed by atoms with van der Waals surface area (Å²) in [6.07, 6.45) is 1.65. The highest BCUT2D eigenvalue weighted by molar-refractivity contribution is 5.95. The van der Waals surface area contributed by atoms with E-state index in [1.165, 1.54) is 5.56 Å². The lowest BCUT2D eigenvalue weighted by Crippen LogP contribution is -2.29. The lowest BCUT2D eigenvalue weighted by Gasteiger charge is -2.17. The Balaban J connectivity index is 1.73. The number of hydrogen-bond donors (Lipinski definition) is 2. The summed E-state index contributed by atoms with van der Waals surface area (Å²) in [5.41, 5.74) is 8.67. The summed E-state index contributed by atoms with van der Waals surface area (Å²) in [5.74, 6) is -0.00948. The fourth-order valence-corrected chi connectivity index (χ4v) is 2.74. The van der Waals surface area contributed by atoms with Crippen LogP contribution in [0.5, 0.6) is 0 Å². The van der Waals surface area contributed by atoms with Gasteiger partial charge in [0, 0.05) is 18.7 Å². The van der Waals surface area contributed by atoms with Crippen molar-refractivity contribution in [1.29, 1.82) is 0 Å². The third-order valence-corrected chi connectivity index (χ3v) is 3.97. The van der Waals surface area contributed by atoms with Crippen LogP contribution in [0.4, 0.5) is 0 Å². The second-order valence-corrected chi connectivity index (χ2v) is 6.03. The molecule has 0 fully saturated rings. The number of carbonyl (C=O) groups excluding carboxylic acids is 1. The van der Waals surface area contributed by atoms with Crippen molar-refractivity contribution in [3.8, 4) is 0 Å². The standard InChI is InChI=1S/C20H27N3O/c1-23(16-17-8-3-2-4-9-17)15-7-14-22-20(24)19-11-6-5-10-18(19)12-13-21/h2-6,8-11H,7,12-16,21H2,1H3,(H,22,24). The van der Waals surface area contributed by atoms with Crippen molar-refractivity contribution in [3.05, 3.63) is 71.3 Å². The summed E-state index contributed by atoms with van der Waals surface area (Å²) in [6, 6.07) is 18.1. The summed E-state index contributed by atoms with van der Waals surface area (Å²) < 4.78 is 0. The van der Waals surface area contributed by atoms with Crippen LogP contribution in [-0.2, 0) is 13.0 Å². The van der Waals surface area contributed by atoms with E-state index in [0.717, 1.165) is 37.1 Å². The average molecular weight is 325 g/mol. The molecule has 0 atom stereocenters. The second kappa shape index (κ2) is 9.85. The predicted molar refractivity (Wildman–Crippen MR) is 98.9 cm³/mol. The number of nitrogens with two attached hydrogens (primary N) is 1. The minimum Gasteiger partial charge on any atom is -0.352 e. The zero-order valence-electron chi connectivity index (χ0n) is 14.4. The Morgan fingerprint density at radius 3 is 2.54 bits per heavy atom. The highest BCUT2D eigenvalue weighted by atomic mass is 16.1. The highest BCUT2D eigenvalue weighted by Crippen LogP contribution is 2.09. The number of amides is 1. The second-order valence-electron chi connectivity index (χ2n) is 6.03. The van der Waals surface area contributed by atoms with Crippen LogP contribution in [0, 0.1) is 0 Å². The van der Waals surface area contributed by atoms with Crippen molar-refractivity contribution < 1.29 is 4.79 Å². The average Bonchev–Trinajstić information content (AvgIpc) is 2.60. The van der Waals surface area contributed by atoms with Crippen molar-refractivity contribution in [1.82, 2.24) is 10.2 Å². The number of benzene rings is 2. The lowest BCUT2D eigenvalue weighted by molar-refractivity contribution is 0.0951. The van der Waals surface area contributed by atoms with Gasteiger partial charge in [-0.25, -0.2) is 0 Å². The fourth-order valence-electron chi connectivity index (χ4n) is 2.74. The van der Waals surface area contributed by atoms with Crippen LogP contribution in [0.3, 0.4) is 0 Å². The smallest absolute Gasteiger partial charge is 0.251 e. The van der Waals surface area contributed by atoms with Crippen LogP contribution >= 0.6 is 0 Å². The molecule has 0 heterocycles. The van der Waals surface area contributed by atoms with Crippen LogP contribution < -0.4 is 11.1 Å². The molecule has 0 aliphatic rings. The van der Waals surface area contributed by atoms with Crippen molar-refractivity contribution in [3.63, 3.8) is 0 Å². The Bertz CT molecular complexity index is 628. The molecule has 1 amide bonds. The molecule has 128 valence electrons. The van der Waals surface area contributed by atoms with E-state index >= 15 is 0 Å². The largest absolute Gasteiger partial charge is 0.352 e. The van der Waals surface area contributed by atoms with Gasteiger partial charge in [-0.1, -0.05) is 48.5 Å². The molecule has 0 unspecified atom stereocenters. The van der Waals surface area contributed by atoms with Crippen molar-refractivity contribution in [2.24, 2.45) is 5.73 Å². The molecular weight excluding hydrogens is 298 g/mol. The minimum absolute atomic E-state index is 0.00948. The lowest BCUT2D eigenvalue weighted by atomic mass is 10.0. The summed E-state index contributed by atoms with van der Waals surface area (Å²) in [7, 11) is 2.10. The van der Waals surface area contributed by atoms with Gasteiger partial charge in [-0.3, -0.25) is 4.79 Å². The Hall–Kier alpha value is -2.17. The monoisotopic (exact) mass is 325 g/mol. The molecule has 0 aromatic heterocycles. The third kappa shape index (κ3) is 5.80. The molecule has 0 spiro atoms. The van der Waals surface area contributed by atoms with Crippen LogP contribution in [0.1, 0.15) is 27.9 Å². The van der Waals surface area contributed by atoms with Gasteiger partial charge < -0.3 is 16.0 Å². The molecule has 2 rings (SSSR count). The molecule has 0 saturated heterocycles. The first kappa shape index (κ1) is 18.2. The predicted octanol–water partition coefficient (Wildman–Crippen LogP) is 2.44. The molecule has 24 heavy (non-hydrogen) atoms. The quantitative estimate of drug-likeness (QED) is 0.696. The van der Waals surface area contributed by atoms with Crippen LogP contribution in [0.25, 0.3) is 0 Å². The van der Waals surface area contributed by atoms with Crippen LogP contribution in [0.15, 0.2) is 54.6 Å². The van der Waals surface area contributed by atoms with E-state index in [-0.39, 0.29) is 5.91 Å². The SMILES string of the molecule is CN(CCCNC(=O)c1ccccc1CCN)Cc1ccccc1. The fraction of sp³-hybridized carbons (Fsp3) is 0.350. The maximum Gasteiger partial charge on any atom is 0.251 e. The van der Waals surface area contributed by atoms with E-state index in [9.17, 15) is 4.79 Å². The molecule has 0 aliphatic carbocycles. The van der Waals surface area contributed by atoms with Gasteiger partial charge in [-0.2, -0.15) is 0 Å². The summed E-state index contributed by atoms with van der Waals surface area (Å²) in [5, 5.41) is 3.01. The van der Waals surface area contributed by atoms with E-state index in [4.69, 9.17) is 5.73 Å². The zero-order chi connectivity index (χ0) is 17.2. The van der Waals surface area contributed by atoms with Gasteiger partial charge in [0.05, 0.1) is 0 Å². The van der Waals surface area contributed by atoms with Crippen molar-refractivity contribution >= 4 is 5.91 Å². The zero-order valence-corrected chi connectivity index (χ0v) is 14.4. The van der Waals surface area contributed by atoms with Gasteiger partial charge in [-0.05, 0) is 50.2 Å². The van der Waals surface area contributed by atoms with Gasteiger partial charge in [0.25, 0.3) is 5.91 Å². The minimum atomic E-state index is -0.00948. The molecule has 4 nitrogen and oxygen atoms in total. The number of nitrogens with one attached hydrogen (secondary N) is 1. The first-order valence-electron chi connectivity index (χ1n) is 8.49. The highest BCUT2D eigenvalue weighted by Gasteiger charge is 2.09. The normalized spacial score (nSPS) is 10.8. The summed E-state index contributed by atoms with van der Waals surface area (Å²) >= 11 is 0. The number of rotatable bonds is 9. The van der Waals surface area contributed by atoms with Gasteiger partial charge >= 0.3 is 0 Å². The van der Waals surface area contributed by atoms with Gasteiger partial charge in [0.1, 0.15) is 0 Å². The summed E-state index contributed by atoms with van der Waals surface area (Å²) in [4.78, 5) is 14.6. The van der Waals surface area contributed by atoms with Gasteiger partial charge in [-0.15, -0.1) is 0 Å². The van der Waals surface area contributed by atoms with E-state index < -0.39 is 0 Å². The van der Waals surface area contributed by atoms with E-state index in [1.807, 2.05) is 30.3 Å². The Morgan fingerprint density at radius 2 is 1.79 bits per heavy atom. The van der Waals surface area contributed by atoms with E-state index in [0.29, 0.717) is 13.1 Å². The molecule has 2 aromatic carbocycles. The van der Waals surface area contributed by atoms with Crippen molar-refractivity contribution in [2.45, 2.75) is 19.4 Å². The topological polar surface area (TPSA) is 58.4 Å². The van der Waals surface area contributed by atoms with Crippen molar-refractivity contribution in [2.75, 3.05) is 26.7 Å². The number of nitrogens with zero attached hydrogens (tertiary/aromatic N) is 1. The molecule has 0 aliphatic heterocycles. The third-order valence-electron chi connectivity index (χ3n) is 3.97. The maximum absolute atomic E-state index is 12.3. The Kier molecular flexibility index (Phi) is 7.46. The molecule has 0 radical (unpaired) electrons. The first-order chi connectivity index (χ1) is 11.7. The van der Waals surface area contributed by atoms with Gasteiger partial charge in [0.2, 0.25) is 0 Å². The van der Waals surface area contributed by atoms with Crippen LogP contribution in [-0.4, -0.2) is 37.5 Å². The molecule has 0 bridgehead atoms. The first-order valence-corrected chi connectivity index (χ1v) is 8.49. The van der Waals surface area contributed by atoms with Crippen LogP contribution in [0.2, 0.25) is 0 Å². The molecule has 4 heteroatoms. The molecular formula is C20H27N3O. The van der Waals surface area contributed by atoms with E-state index in [1.54, 1.807) is 0 Å².